The van der Waals surface area contributed by atoms with Gasteiger partial charge in [-0.05, 0) is 46.7 Å². The Balaban J connectivity index is 1.62. The van der Waals surface area contributed by atoms with Crippen LogP contribution < -0.4 is 5.32 Å². The Labute approximate surface area is 177 Å². The van der Waals surface area contributed by atoms with Gasteiger partial charge >= 0.3 is 0 Å². The van der Waals surface area contributed by atoms with Crippen molar-refractivity contribution in [1.29, 1.82) is 0 Å². The molecular formula is C18H20BrClN6S. The highest BCUT2D eigenvalue weighted by Gasteiger charge is 2.13. The minimum atomic E-state index is 0.591. The maximum absolute atomic E-state index is 6.22. The third-order valence-corrected chi connectivity index (χ3v) is 5.54. The number of nitrogens with zero attached hydrogens (tertiary/aromatic N) is 5. The molecule has 142 valence electrons. The van der Waals surface area contributed by atoms with Gasteiger partial charge in [0.1, 0.15) is 0 Å². The number of rotatable bonds is 6. The Morgan fingerprint density at radius 2 is 2.11 bits per heavy atom. The first-order valence-corrected chi connectivity index (χ1v) is 10.0. The van der Waals surface area contributed by atoms with Gasteiger partial charge in [-0.1, -0.05) is 29.8 Å². The minimum Gasteiger partial charge on any atom is -0.346 e. The minimum absolute atomic E-state index is 0.591. The summed E-state index contributed by atoms with van der Waals surface area (Å²) in [7, 11) is 1.94. The third kappa shape index (κ3) is 4.88. The van der Waals surface area contributed by atoms with Crippen molar-refractivity contribution in [2.45, 2.75) is 26.6 Å². The van der Waals surface area contributed by atoms with E-state index in [1.165, 1.54) is 0 Å². The molecule has 0 saturated heterocycles. The molecule has 0 unspecified atom stereocenters. The molecule has 2 heterocycles. The summed E-state index contributed by atoms with van der Waals surface area (Å²) in [5.41, 5.74) is 2.10. The van der Waals surface area contributed by atoms with Crippen LogP contribution in [0, 0.1) is 0 Å². The van der Waals surface area contributed by atoms with Gasteiger partial charge in [0.05, 0.1) is 29.5 Å². The Morgan fingerprint density at radius 1 is 1.33 bits per heavy atom. The number of halogens is 2. The normalized spacial score (nSPS) is 10.8. The number of aromatic nitrogens is 4. The first-order valence-electron chi connectivity index (χ1n) is 8.47. The molecule has 0 bridgehead atoms. The number of nitrogens with one attached hydrogen (secondary N) is 1. The van der Waals surface area contributed by atoms with Crippen molar-refractivity contribution in [3.63, 3.8) is 0 Å². The molecule has 9 heteroatoms. The standard InChI is InChI=1S/C18H20BrClN6S/c1-3-26-16(14(19)10-21-26)12-24(2)18(27)22-17-8-9-25(23-17)11-13-6-4-5-7-15(13)20/h4-10H,3,11-12H2,1-2H3,(H,22,23,27). The zero-order valence-corrected chi connectivity index (χ0v) is 18.2. The Kier molecular flexibility index (Phi) is 6.51. The van der Waals surface area contributed by atoms with Crippen LogP contribution in [0.25, 0.3) is 0 Å². The second kappa shape index (κ2) is 8.86. The van der Waals surface area contributed by atoms with Gasteiger partial charge in [0, 0.05) is 30.9 Å². The van der Waals surface area contributed by atoms with Crippen LogP contribution in [-0.2, 0) is 19.6 Å². The van der Waals surface area contributed by atoms with Crippen LogP contribution in [0.1, 0.15) is 18.2 Å². The lowest BCUT2D eigenvalue weighted by Gasteiger charge is -2.21. The molecule has 1 N–H and O–H groups in total. The lowest BCUT2D eigenvalue weighted by atomic mass is 10.2. The maximum Gasteiger partial charge on any atom is 0.174 e. The van der Waals surface area contributed by atoms with Crippen molar-refractivity contribution >= 4 is 50.7 Å². The molecule has 0 atom stereocenters. The summed E-state index contributed by atoms with van der Waals surface area (Å²) < 4.78 is 4.75. The van der Waals surface area contributed by atoms with Crippen LogP contribution in [0.3, 0.4) is 0 Å². The topological polar surface area (TPSA) is 50.9 Å². The van der Waals surface area contributed by atoms with E-state index in [-0.39, 0.29) is 0 Å². The Morgan fingerprint density at radius 3 is 2.85 bits per heavy atom. The predicted molar refractivity (Wildman–Crippen MR) is 116 cm³/mol. The van der Waals surface area contributed by atoms with E-state index in [1.54, 1.807) is 6.20 Å². The smallest absolute Gasteiger partial charge is 0.174 e. The molecule has 2 aromatic heterocycles. The van der Waals surface area contributed by atoms with Crippen LogP contribution in [0.4, 0.5) is 5.82 Å². The van der Waals surface area contributed by atoms with Gasteiger partial charge in [0.2, 0.25) is 0 Å². The van der Waals surface area contributed by atoms with Gasteiger partial charge < -0.3 is 10.2 Å². The second-order valence-electron chi connectivity index (χ2n) is 6.03. The van der Waals surface area contributed by atoms with Crippen molar-refractivity contribution in [3.8, 4) is 0 Å². The SMILES string of the molecule is CCn1ncc(Br)c1CN(C)C(=S)Nc1ccn(Cc2ccccc2Cl)n1. The van der Waals surface area contributed by atoms with Crippen molar-refractivity contribution in [1.82, 2.24) is 24.5 Å². The van der Waals surface area contributed by atoms with Crippen LogP contribution >= 0.6 is 39.7 Å². The summed E-state index contributed by atoms with van der Waals surface area (Å²) >= 11 is 15.3. The number of benzene rings is 1. The number of aryl methyl sites for hydroxylation is 1. The molecule has 0 radical (unpaired) electrons. The molecule has 0 aliphatic rings. The summed E-state index contributed by atoms with van der Waals surface area (Å²) in [4.78, 5) is 1.95. The fourth-order valence-electron chi connectivity index (χ4n) is 2.64. The van der Waals surface area contributed by atoms with E-state index in [4.69, 9.17) is 23.8 Å². The van der Waals surface area contributed by atoms with E-state index < -0.39 is 0 Å². The average molecular weight is 468 g/mol. The predicted octanol–water partition coefficient (Wildman–Crippen LogP) is 4.39. The van der Waals surface area contributed by atoms with Crippen LogP contribution in [0.15, 0.2) is 47.2 Å². The third-order valence-electron chi connectivity index (χ3n) is 4.10. The van der Waals surface area contributed by atoms with Gasteiger partial charge in [-0.2, -0.15) is 10.2 Å². The zero-order chi connectivity index (χ0) is 19.4. The first kappa shape index (κ1) is 19.9. The zero-order valence-electron chi connectivity index (χ0n) is 15.1. The molecule has 27 heavy (non-hydrogen) atoms. The van der Waals surface area contributed by atoms with Crippen molar-refractivity contribution in [2.75, 3.05) is 12.4 Å². The second-order valence-corrected chi connectivity index (χ2v) is 7.68. The van der Waals surface area contributed by atoms with E-state index in [9.17, 15) is 0 Å². The molecule has 0 aliphatic heterocycles. The van der Waals surface area contributed by atoms with Crippen LogP contribution in [0.5, 0.6) is 0 Å². The molecule has 0 aliphatic carbocycles. The number of hydrogen-bond acceptors (Lipinski definition) is 3. The lowest BCUT2D eigenvalue weighted by Crippen LogP contribution is -2.31. The van der Waals surface area contributed by atoms with Gasteiger partial charge in [0.15, 0.2) is 10.9 Å². The molecule has 3 aromatic rings. The highest BCUT2D eigenvalue weighted by molar-refractivity contribution is 9.10. The number of hydrogen-bond donors (Lipinski definition) is 1. The van der Waals surface area contributed by atoms with E-state index in [0.29, 0.717) is 24.0 Å². The average Bonchev–Trinajstić information content (AvgIpc) is 3.23. The van der Waals surface area contributed by atoms with Gasteiger partial charge in [-0.25, -0.2) is 0 Å². The Hall–Kier alpha value is -1.90. The molecule has 3 rings (SSSR count). The Bertz CT molecular complexity index is 938. The largest absolute Gasteiger partial charge is 0.346 e. The molecule has 0 amide bonds. The van der Waals surface area contributed by atoms with Crippen molar-refractivity contribution < 1.29 is 0 Å². The summed E-state index contributed by atoms with van der Waals surface area (Å²) in [5, 5.41) is 13.4. The number of anilines is 1. The molecule has 0 saturated carbocycles. The van der Waals surface area contributed by atoms with E-state index in [2.05, 4.69) is 38.4 Å². The van der Waals surface area contributed by atoms with Crippen LogP contribution in [-0.4, -0.2) is 36.6 Å². The quantitative estimate of drug-likeness (QED) is 0.545. The summed E-state index contributed by atoms with van der Waals surface area (Å²) in [6.07, 6.45) is 3.70. The molecule has 6 nitrogen and oxygen atoms in total. The monoisotopic (exact) mass is 466 g/mol. The highest BCUT2D eigenvalue weighted by Crippen LogP contribution is 2.19. The molecule has 0 fully saturated rings. The van der Waals surface area contributed by atoms with Crippen molar-refractivity contribution in [2.24, 2.45) is 0 Å². The highest BCUT2D eigenvalue weighted by atomic mass is 79.9. The van der Waals surface area contributed by atoms with Gasteiger partial charge in [-0.3, -0.25) is 9.36 Å². The molecule has 0 spiro atoms. The summed E-state index contributed by atoms with van der Waals surface area (Å²) in [6, 6.07) is 9.64. The van der Waals surface area contributed by atoms with Gasteiger partial charge in [0.25, 0.3) is 0 Å². The van der Waals surface area contributed by atoms with Crippen LogP contribution in [0.2, 0.25) is 5.02 Å². The van der Waals surface area contributed by atoms with Crippen molar-refractivity contribution in [3.05, 3.63) is 63.5 Å². The summed E-state index contributed by atoms with van der Waals surface area (Å²) in [6.45, 7) is 4.11. The van der Waals surface area contributed by atoms with E-state index in [1.807, 2.05) is 57.8 Å². The first-order chi connectivity index (χ1) is 13.0. The fourth-order valence-corrected chi connectivity index (χ4v) is 3.42. The van der Waals surface area contributed by atoms with E-state index >= 15 is 0 Å². The molecule has 1 aromatic carbocycles. The lowest BCUT2D eigenvalue weighted by molar-refractivity contribution is 0.470. The maximum atomic E-state index is 6.22. The fraction of sp³-hybridized carbons (Fsp3) is 0.278. The van der Waals surface area contributed by atoms with E-state index in [0.717, 1.165) is 27.3 Å². The summed E-state index contributed by atoms with van der Waals surface area (Å²) in [5.74, 6) is 0.696. The van der Waals surface area contributed by atoms with Gasteiger partial charge in [-0.15, -0.1) is 0 Å². The number of thiocarbonyl (C=S) groups is 1. The molecular weight excluding hydrogens is 448 g/mol.